The first-order chi connectivity index (χ1) is 8.58. The molecule has 1 aromatic rings. The summed E-state index contributed by atoms with van der Waals surface area (Å²) >= 11 is 3.94. The van der Waals surface area contributed by atoms with Gasteiger partial charge in [0, 0.05) is 27.5 Å². The molecule has 1 fully saturated rings. The van der Waals surface area contributed by atoms with Crippen molar-refractivity contribution in [3.05, 3.63) is 35.6 Å². The van der Waals surface area contributed by atoms with Crippen LogP contribution in [0.2, 0.25) is 0 Å². The molecule has 100 valence electrons. The molecule has 4 unspecified atom stereocenters. The van der Waals surface area contributed by atoms with Crippen molar-refractivity contribution in [2.24, 2.45) is 5.73 Å². The summed E-state index contributed by atoms with van der Waals surface area (Å²) in [6.07, 6.45) is 0.631. The summed E-state index contributed by atoms with van der Waals surface area (Å²) in [6, 6.07) is 6.98. The van der Waals surface area contributed by atoms with Gasteiger partial charge in [0.1, 0.15) is 5.82 Å². The molecule has 4 atom stereocenters. The van der Waals surface area contributed by atoms with E-state index in [1.54, 1.807) is 6.07 Å². The lowest BCUT2D eigenvalue weighted by Gasteiger charge is -2.34. The highest BCUT2D eigenvalue weighted by Gasteiger charge is 2.29. The lowest BCUT2D eigenvalue weighted by atomic mass is 10.0. The van der Waals surface area contributed by atoms with Gasteiger partial charge in [-0.3, -0.25) is 0 Å². The van der Waals surface area contributed by atoms with Crippen LogP contribution in [0.25, 0.3) is 0 Å². The Morgan fingerprint density at radius 1 is 1.33 bits per heavy atom. The Morgan fingerprint density at radius 3 is 2.72 bits per heavy atom. The van der Waals surface area contributed by atoms with Crippen LogP contribution in [0.3, 0.4) is 0 Å². The van der Waals surface area contributed by atoms with Crippen LogP contribution in [0.4, 0.5) is 4.39 Å². The Labute approximate surface area is 117 Å². The normalized spacial score (nSPS) is 30.1. The van der Waals surface area contributed by atoms with Crippen molar-refractivity contribution < 1.29 is 4.39 Å². The van der Waals surface area contributed by atoms with Crippen LogP contribution in [-0.2, 0) is 6.42 Å². The van der Waals surface area contributed by atoms with Crippen LogP contribution in [0.15, 0.2) is 24.3 Å². The van der Waals surface area contributed by atoms with Crippen LogP contribution in [0.1, 0.15) is 19.4 Å². The summed E-state index contributed by atoms with van der Waals surface area (Å²) in [7, 11) is 0. The molecule has 0 radical (unpaired) electrons. The number of benzene rings is 1. The van der Waals surface area contributed by atoms with Crippen LogP contribution >= 0.6 is 23.5 Å². The van der Waals surface area contributed by atoms with Gasteiger partial charge in [-0.1, -0.05) is 32.0 Å². The highest BCUT2D eigenvalue weighted by molar-refractivity contribution is 8.07. The molecule has 0 aliphatic carbocycles. The van der Waals surface area contributed by atoms with Crippen LogP contribution in [0, 0.1) is 5.82 Å². The molecule has 1 aromatic carbocycles. The molecule has 0 bridgehead atoms. The fraction of sp³-hybridized carbons (Fsp3) is 0.571. The van der Waals surface area contributed by atoms with E-state index in [9.17, 15) is 4.39 Å². The molecular formula is C14H20FNS2. The average Bonchev–Trinajstić information content (AvgIpc) is 2.35. The van der Waals surface area contributed by atoms with Gasteiger partial charge in [-0.2, -0.15) is 23.5 Å². The zero-order valence-corrected chi connectivity index (χ0v) is 12.4. The van der Waals surface area contributed by atoms with Gasteiger partial charge < -0.3 is 5.73 Å². The van der Waals surface area contributed by atoms with Crippen molar-refractivity contribution in [2.75, 3.05) is 5.75 Å². The predicted octanol–water partition coefficient (Wildman–Crippen LogP) is 3.32. The van der Waals surface area contributed by atoms with Gasteiger partial charge in [0.05, 0.1) is 0 Å². The maximum Gasteiger partial charge on any atom is 0.126 e. The highest BCUT2D eigenvalue weighted by Crippen LogP contribution is 2.37. The number of hydrogen-bond acceptors (Lipinski definition) is 3. The highest BCUT2D eigenvalue weighted by atomic mass is 32.2. The van der Waals surface area contributed by atoms with Gasteiger partial charge in [0.15, 0.2) is 0 Å². The third-order valence-corrected chi connectivity index (χ3v) is 7.04. The van der Waals surface area contributed by atoms with E-state index in [1.807, 2.05) is 35.7 Å². The van der Waals surface area contributed by atoms with Gasteiger partial charge in [0.2, 0.25) is 0 Å². The monoisotopic (exact) mass is 285 g/mol. The first-order valence-electron chi connectivity index (χ1n) is 6.34. The smallest absolute Gasteiger partial charge is 0.126 e. The van der Waals surface area contributed by atoms with Gasteiger partial charge in [-0.05, 0) is 18.1 Å². The van der Waals surface area contributed by atoms with Crippen molar-refractivity contribution >= 4 is 23.5 Å². The summed E-state index contributed by atoms with van der Waals surface area (Å²) in [4.78, 5) is 0. The summed E-state index contributed by atoms with van der Waals surface area (Å²) in [5, 5.41) is 1.74. The molecule has 2 N–H and O–H groups in total. The fourth-order valence-electron chi connectivity index (χ4n) is 2.08. The minimum absolute atomic E-state index is 0.0364. The van der Waals surface area contributed by atoms with E-state index in [2.05, 4.69) is 13.8 Å². The zero-order valence-electron chi connectivity index (χ0n) is 10.8. The Hall–Kier alpha value is -0.190. The van der Waals surface area contributed by atoms with Crippen molar-refractivity contribution in [1.82, 2.24) is 0 Å². The SMILES string of the molecule is CC1SCC(C(N)Cc2ccccc2F)SC1C. The molecule has 1 heterocycles. The quantitative estimate of drug-likeness (QED) is 0.922. The Morgan fingerprint density at radius 2 is 2.06 bits per heavy atom. The lowest BCUT2D eigenvalue weighted by molar-refractivity contribution is 0.583. The maximum absolute atomic E-state index is 13.6. The molecule has 1 saturated heterocycles. The molecular weight excluding hydrogens is 265 g/mol. The van der Waals surface area contributed by atoms with E-state index in [4.69, 9.17) is 5.73 Å². The number of rotatable bonds is 3. The lowest BCUT2D eigenvalue weighted by Crippen LogP contribution is -2.41. The second kappa shape index (κ2) is 6.31. The molecule has 0 spiro atoms. The molecule has 1 nitrogen and oxygen atoms in total. The largest absolute Gasteiger partial charge is 0.326 e. The molecule has 4 heteroatoms. The zero-order chi connectivity index (χ0) is 13.1. The minimum atomic E-state index is -0.136. The van der Waals surface area contributed by atoms with Crippen molar-refractivity contribution in [2.45, 2.75) is 42.1 Å². The van der Waals surface area contributed by atoms with Crippen molar-refractivity contribution in [1.29, 1.82) is 0 Å². The van der Waals surface area contributed by atoms with Crippen molar-refractivity contribution in [3.63, 3.8) is 0 Å². The van der Waals surface area contributed by atoms with Gasteiger partial charge in [-0.25, -0.2) is 4.39 Å². The van der Waals surface area contributed by atoms with E-state index in [0.29, 0.717) is 22.2 Å². The number of thioether (sulfide) groups is 2. The second-order valence-corrected chi connectivity index (χ2v) is 7.91. The van der Waals surface area contributed by atoms with Crippen molar-refractivity contribution in [3.8, 4) is 0 Å². The number of halogens is 1. The average molecular weight is 285 g/mol. The number of hydrogen-bond donors (Lipinski definition) is 1. The standard InChI is InChI=1S/C14H20FNS2/c1-9-10(2)18-14(8-17-9)13(16)7-11-5-3-4-6-12(11)15/h3-6,9-10,13-14H,7-8,16H2,1-2H3. The molecule has 0 amide bonds. The summed E-state index contributed by atoms with van der Waals surface area (Å²) in [5.74, 6) is 0.939. The molecule has 1 aliphatic heterocycles. The van der Waals surface area contributed by atoms with E-state index >= 15 is 0 Å². The molecule has 2 rings (SSSR count). The Bertz CT molecular complexity index is 399. The summed E-state index contributed by atoms with van der Waals surface area (Å²) in [6.45, 7) is 4.52. The first kappa shape index (κ1) is 14.2. The van der Waals surface area contributed by atoms with Crippen LogP contribution < -0.4 is 5.73 Å². The van der Waals surface area contributed by atoms with E-state index in [0.717, 1.165) is 11.3 Å². The van der Waals surface area contributed by atoms with E-state index in [1.165, 1.54) is 6.07 Å². The molecule has 0 aromatic heterocycles. The molecule has 18 heavy (non-hydrogen) atoms. The fourth-order valence-corrected chi connectivity index (χ4v) is 5.14. The van der Waals surface area contributed by atoms with Gasteiger partial charge in [0.25, 0.3) is 0 Å². The van der Waals surface area contributed by atoms with E-state index < -0.39 is 0 Å². The second-order valence-electron chi connectivity index (χ2n) is 4.88. The molecule has 0 saturated carbocycles. The first-order valence-corrected chi connectivity index (χ1v) is 8.33. The maximum atomic E-state index is 13.6. The topological polar surface area (TPSA) is 26.0 Å². The van der Waals surface area contributed by atoms with Crippen LogP contribution in [0.5, 0.6) is 0 Å². The Balaban J connectivity index is 1.96. The third-order valence-electron chi connectivity index (χ3n) is 3.46. The van der Waals surface area contributed by atoms with Crippen LogP contribution in [-0.4, -0.2) is 27.5 Å². The summed E-state index contributed by atoms with van der Waals surface area (Å²) < 4.78 is 13.6. The Kier molecular flexibility index (Phi) is 4.98. The number of nitrogens with two attached hydrogens (primary N) is 1. The summed E-state index contributed by atoms with van der Waals surface area (Å²) in [5.41, 5.74) is 6.99. The molecule has 1 aliphatic rings. The predicted molar refractivity (Wildman–Crippen MR) is 80.8 cm³/mol. The third kappa shape index (κ3) is 3.43. The van der Waals surface area contributed by atoms with Gasteiger partial charge in [-0.15, -0.1) is 0 Å². The van der Waals surface area contributed by atoms with Gasteiger partial charge >= 0.3 is 0 Å². The minimum Gasteiger partial charge on any atom is -0.326 e. The van der Waals surface area contributed by atoms with E-state index in [-0.39, 0.29) is 11.9 Å².